The van der Waals surface area contributed by atoms with E-state index >= 15 is 0 Å². The molecule has 0 aliphatic carbocycles. The molecule has 0 spiro atoms. The predicted octanol–water partition coefficient (Wildman–Crippen LogP) is 2.18. The average molecular weight is 271 g/mol. The highest BCUT2D eigenvalue weighted by Crippen LogP contribution is 2.15. The van der Waals surface area contributed by atoms with Crippen molar-refractivity contribution in [1.29, 1.82) is 0 Å². The van der Waals surface area contributed by atoms with Crippen molar-refractivity contribution in [3.8, 4) is 0 Å². The lowest BCUT2D eigenvalue weighted by molar-refractivity contribution is 0.391. The first-order valence-electron chi connectivity index (χ1n) is 6.61. The van der Waals surface area contributed by atoms with Crippen LogP contribution >= 0.6 is 0 Å². The summed E-state index contributed by atoms with van der Waals surface area (Å²) in [7, 11) is 0. The van der Waals surface area contributed by atoms with Gasteiger partial charge in [-0.15, -0.1) is 10.2 Å². The lowest BCUT2D eigenvalue weighted by Crippen LogP contribution is -2.20. The van der Waals surface area contributed by atoms with Crippen LogP contribution in [-0.4, -0.2) is 19.8 Å². The molecule has 0 aromatic carbocycles. The van der Waals surface area contributed by atoms with Crippen LogP contribution in [0, 0.1) is 13.8 Å². The Morgan fingerprint density at radius 1 is 1.30 bits per heavy atom. The number of rotatable bonds is 4. The smallest absolute Gasteiger partial charge is 0.160 e. The van der Waals surface area contributed by atoms with Crippen LogP contribution in [0.5, 0.6) is 0 Å². The highest BCUT2D eigenvalue weighted by molar-refractivity contribution is 5.37. The Labute approximate surface area is 116 Å². The van der Waals surface area contributed by atoms with Crippen LogP contribution in [0.15, 0.2) is 28.9 Å². The fourth-order valence-electron chi connectivity index (χ4n) is 2.26. The highest BCUT2D eigenvalue weighted by Gasteiger charge is 2.15. The Hall–Kier alpha value is -2.21. The van der Waals surface area contributed by atoms with E-state index in [0.717, 1.165) is 28.5 Å². The van der Waals surface area contributed by atoms with Gasteiger partial charge in [-0.2, -0.15) is 0 Å². The molecular weight excluding hydrogens is 254 g/mol. The van der Waals surface area contributed by atoms with Crippen molar-refractivity contribution < 1.29 is 4.52 Å². The number of fused-ring (bicyclic) bond motifs is 1. The van der Waals surface area contributed by atoms with Crippen LogP contribution < -0.4 is 5.32 Å². The van der Waals surface area contributed by atoms with Crippen molar-refractivity contribution in [3.05, 3.63) is 47.2 Å². The van der Waals surface area contributed by atoms with Gasteiger partial charge in [0.25, 0.3) is 0 Å². The molecule has 0 saturated carbocycles. The number of pyridine rings is 1. The van der Waals surface area contributed by atoms with Crippen LogP contribution in [0.1, 0.15) is 35.8 Å². The summed E-state index contributed by atoms with van der Waals surface area (Å²) in [5, 5.41) is 15.8. The Kier molecular flexibility index (Phi) is 3.23. The molecule has 6 nitrogen and oxygen atoms in total. The van der Waals surface area contributed by atoms with Crippen LogP contribution in [0.25, 0.3) is 5.65 Å². The molecule has 0 aliphatic heterocycles. The maximum absolute atomic E-state index is 5.17. The quantitative estimate of drug-likeness (QED) is 0.787. The number of hydrogen-bond donors (Lipinski definition) is 1. The van der Waals surface area contributed by atoms with E-state index in [1.54, 1.807) is 0 Å². The zero-order valence-electron chi connectivity index (χ0n) is 11.8. The minimum Gasteiger partial charge on any atom is -0.361 e. The second-order valence-electron chi connectivity index (χ2n) is 4.89. The molecule has 1 atom stereocenters. The highest BCUT2D eigenvalue weighted by atomic mass is 16.5. The number of nitrogens with zero attached hydrogens (tertiary/aromatic N) is 4. The van der Waals surface area contributed by atoms with Gasteiger partial charge in [-0.1, -0.05) is 11.2 Å². The first-order valence-corrected chi connectivity index (χ1v) is 6.61. The summed E-state index contributed by atoms with van der Waals surface area (Å²) in [6, 6.07) is 5.95. The summed E-state index contributed by atoms with van der Waals surface area (Å²) < 4.78 is 7.16. The second-order valence-corrected chi connectivity index (χ2v) is 4.89. The Morgan fingerprint density at radius 2 is 2.15 bits per heavy atom. The van der Waals surface area contributed by atoms with Crippen LogP contribution in [0.3, 0.4) is 0 Å². The van der Waals surface area contributed by atoms with Gasteiger partial charge in [0.2, 0.25) is 0 Å². The van der Waals surface area contributed by atoms with Crippen LogP contribution in [0.2, 0.25) is 0 Å². The van der Waals surface area contributed by atoms with Gasteiger partial charge in [-0.25, -0.2) is 0 Å². The summed E-state index contributed by atoms with van der Waals surface area (Å²) in [6.07, 6.45) is 1.97. The fraction of sp³-hybridized carbons (Fsp3) is 0.357. The fourth-order valence-corrected chi connectivity index (χ4v) is 2.26. The number of nitrogens with one attached hydrogen (secondary N) is 1. The molecule has 3 rings (SSSR count). The molecule has 1 N–H and O–H groups in total. The molecule has 0 amide bonds. The molecule has 104 valence electrons. The summed E-state index contributed by atoms with van der Waals surface area (Å²) in [5.41, 5.74) is 2.88. The normalized spacial score (nSPS) is 12.9. The number of hydrogen-bond acceptors (Lipinski definition) is 5. The second kappa shape index (κ2) is 5.05. The van der Waals surface area contributed by atoms with Gasteiger partial charge < -0.3 is 9.84 Å². The van der Waals surface area contributed by atoms with Gasteiger partial charge in [0.05, 0.1) is 11.7 Å². The van der Waals surface area contributed by atoms with Crippen molar-refractivity contribution >= 4 is 5.65 Å². The van der Waals surface area contributed by atoms with Gasteiger partial charge in [-0.05, 0) is 32.9 Å². The van der Waals surface area contributed by atoms with Gasteiger partial charge in [0.15, 0.2) is 11.5 Å². The van der Waals surface area contributed by atoms with E-state index in [1.807, 2.05) is 42.6 Å². The Balaban J connectivity index is 1.78. The average Bonchev–Trinajstić information content (AvgIpc) is 3.01. The van der Waals surface area contributed by atoms with Gasteiger partial charge >= 0.3 is 0 Å². The van der Waals surface area contributed by atoms with E-state index < -0.39 is 0 Å². The zero-order chi connectivity index (χ0) is 14.1. The molecule has 0 fully saturated rings. The predicted molar refractivity (Wildman–Crippen MR) is 74.2 cm³/mol. The Bertz CT molecular complexity index is 711. The molecule has 3 aromatic heterocycles. The van der Waals surface area contributed by atoms with E-state index in [-0.39, 0.29) is 6.04 Å². The van der Waals surface area contributed by atoms with Gasteiger partial charge in [0, 0.05) is 18.3 Å². The molecule has 3 heterocycles. The standard InChI is InChI=1S/C14H17N5O/c1-9-12(11(3)20-18-9)8-15-10(2)14-17-16-13-6-4-5-7-19(13)14/h4-7,10,15H,8H2,1-3H3. The summed E-state index contributed by atoms with van der Waals surface area (Å²) in [6.45, 7) is 6.64. The van der Waals surface area contributed by atoms with Gasteiger partial charge in [-0.3, -0.25) is 4.40 Å². The number of aromatic nitrogens is 4. The monoisotopic (exact) mass is 271 g/mol. The van der Waals surface area contributed by atoms with E-state index in [9.17, 15) is 0 Å². The van der Waals surface area contributed by atoms with Crippen LogP contribution in [-0.2, 0) is 6.54 Å². The van der Waals surface area contributed by atoms with Crippen molar-refractivity contribution in [3.63, 3.8) is 0 Å². The van der Waals surface area contributed by atoms with Gasteiger partial charge in [0.1, 0.15) is 5.76 Å². The topological polar surface area (TPSA) is 68.2 Å². The summed E-state index contributed by atoms with van der Waals surface area (Å²) in [5.74, 6) is 1.75. The molecular formula is C14H17N5O. The third-order valence-electron chi connectivity index (χ3n) is 3.49. The lowest BCUT2D eigenvalue weighted by Gasteiger charge is -2.11. The maximum atomic E-state index is 5.17. The molecule has 0 bridgehead atoms. The molecule has 1 unspecified atom stereocenters. The molecule has 0 aliphatic rings. The maximum Gasteiger partial charge on any atom is 0.160 e. The first-order chi connectivity index (χ1) is 9.66. The minimum atomic E-state index is 0.0844. The van der Waals surface area contributed by atoms with Crippen LogP contribution in [0.4, 0.5) is 0 Å². The minimum absolute atomic E-state index is 0.0844. The van der Waals surface area contributed by atoms with E-state index in [4.69, 9.17) is 4.52 Å². The molecule has 3 aromatic rings. The molecule has 6 heteroatoms. The third kappa shape index (κ3) is 2.18. The molecule has 0 radical (unpaired) electrons. The lowest BCUT2D eigenvalue weighted by atomic mass is 10.2. The zero-order valence-corrected chi connectivity index (χ0v) is 11.8. The van der Waals surface area contributed by atoms with Crippen molar-refractivity contribution in [1.82, 2.24) is 25.1 Å². The number of aryl methyl sites for hydroxylation is 2. The van der Waals surface area contributed by atoms with E-state index in [0.29, 0.717) is 6.54 Å². The van der Waals surface area contributed by atoms with Crippen molar-refractivity contribution in [2.75, 3.05) is 0 Å². The van der Waals surface area contributed by atoms with Crippen molar-refractivity contribution in [2.45, 2.75) is 33.4 Å². The first kappa shape index (κ1) is 12.8. The summed E-state index contributed by atoms with van der Waals surface area (Å²) >= 11 is 0. The largest absolute Gasteiger partial charge is 0.361 e. The molecule has 20 heavy (non-hydrogen) atoms. The van der Waals surface area contributed by atoms with E-state index in [2.05, 4.69) is 27.6 Å². The van der Waals surface area contributed by atoms with Crippen molar-refractivity contribution in [2.24, 2.45) is 0 Å². The van der Waals surface area contributed by atoms with E-state index in [1.165, 1.54) is 0 Å². The summed E-state index contributed by atoms with van der Waals surface area (Å²) in [4.78, 5) is 0. The SMILES string of the molecule is Cc1noc(C)c1CNC(C)c1nnc2ccccn12. The molecule has 0 saturated heterocycles. The third-order valence-corrected chi connectivity index (χ3v) is 3.49. The Morgan fingerprint density at radius 3 is 2.90 bits per heavy atom.